The van der Waals surface area contributed by atoms with Crippen LogP contribution in [0.3, 0.4) is 0 Å². The minimum Gasteiger partial charge on any atom is -0.246 e. The first-order valence-corrected chi connectivity index (χ1v) is 6.60. The quantitative estimate of drug-likeness (QED) is 0.750. The van der Waals surface area contributed by atoms with E-state index in [2.05, 4.69) is 44.5 Å². The van der Waals surface area contributed by atoms with Gasteiger partial charge in [-0.2, -0.15) is 0 Å². The zero-order valence-corrected chi connectivity index (χ0v) is 10.5. The summed E-state index contributed by atoms with van der Waals surface area (Å²) in [5.74, 6) is 0. The number of rotatable bonds is 2. The van der Waals surface area contributed by atoms with E-state index in [4.69, 9.17) is 0 Å². The predicted molar refractivity (Wildman–Crippen MR) is 65.4 cm³/mol. The Morgan fingerprint density at radius 3 is 2.64 bits per heavy atom. The zero-order valence-electron chi connectivity index (χ0n) is 8.08. The SMILES string of the molecule is Brc1cccc(SN2CCCCC2)c1. The number of benzene rings is 1. The highest BCUT2D eigenvalue weighted by molar-refractivity contribution is 9.10. The molecular formula is C11H14BrNS. The van der Waals surface area contributed by atoms with Gasteiger partial charge in [0.1, 0.15) is 0 Å². The summed E-state index contributed by atoms with van der Waals surface area (Å²) in [7, 11) is 0. The van der Waals surface area contributed by atoms with Crippen LogP contribution in [-0.4, -0.2) is 17.4 Å². The lowest BCUT2D eigenvalue weighted by atomic mass is 10.2. The molecule has 0 spiro atoms. The van der Waals surface area contributed by atoms with Crippen molar-refractivity contribution in [2.24, 2.45) is 0 Å². The fourth-order valence-corrected chi connectivity index (χ4v) is 3.24. The molecule has 14 heavy (non-hydrogen) atoms. The second kappa shape index (κ2) is 5.19. The van der Waals surface area contributed by atoms with Crippen LogP contribution in [0.1, 0.15) is 19.3 Å². The molecule has 2 rings (SSSR count). The van der Waals surface area contributed by atoms with Gasteiger partial charge in [-0.25, -0.2) is 4.31 Å². The van der Waals surface area contributed by atoms with Crippen molar-refractivity contribution in [1.82, 2.24) is 4.31 Å². The van der Waals surface area contributed by atoms with Gasteiger partial charge >= 0.3 is 0 Å². The topological polar surface area (TPSA) is 3.24 Å². The minimum atomic E-state index is 1.17. The van der Waals surface area contributed by atoms with Crippen LogP contribution >= 0.6 is 27.9 Å². The van der Waals surface area contributed by atoms with E-state index >= 15 is 0 Å². The monoisotopic (exact) mass is 271 g/mol. The van der Waals surface area contributed by atoms with E-state index in [1.807, 2.05) is 11.9 Å². The Labute approximate surface area is 98.1 Å². The molecule has 1 nitrogen and oxygen atoms in total. The second-order valence-corrected chi connectivity index (χ2v) is 5.62. The smallest absolute Gasteiger partial charge is 0.0241 e. The van der Waals surface area contributed by atoms with Crippen molar-refractivity contribution < 1.29 is 0 Å². The Morgan fingerprint density at radius 1 is 1.14 bits per heavy atom. The maximum atomic E-state index is 3.50. The summed E-state index contributed by atoms with van der Waals surface area (Å²) in [4.78, 5) is 1.33. The summed E-state index contributed by atoms with van der Waals surface area (Å²) in [6, 6.07) is 8.51. The summed E-state index contributed by atoms with van der Waals surface area (Å²) < 4.78 is 3.63. The van der Waals surface area contributed by atoms with E-state index in [0.29, 0.717) is 0 Å². The number of nitrogens with zero attached hydrogens (tertiary/aromatic N) is 1. The van der Waals surface area contributed by atoms with Gasteiger partial charge in [-0.05, 0) is 43.0 Å². The standard InChI is InChI=1S/C11H14BrNS/c12-10-5-4-6-11(9-10)14-13-7-2-1-3-8-13/h4-6,9H,1-3,7-8H2. The van der Waals surface area contributed by atoms with Crippen molar-refractivity contribution in [2.45, 2.75) is 24.2 Å². The molecule has 1 aromatic rings. The first-order valence-electron chi connectivity index (χ1n) is 5.03. The summed E-state index contributed by atoms with van der Waals surface area (Å²) in [6.07, 6.45) is 4.09. The summed E-state index contributed by atoms with van der Waals surface area (Å²) in [5.41, 5.74) is 0. The van der Waals surface area contributed by atoms with Gasteiger partial charge < -0.3 is 0 Å². The fourth-order valence-electron chi connectivity index (χ4n) is 1.63. The third-order valence-corrected chi connectivity index (χ3v) is 3.93. The molecule has 0 atom stereocenters. The molecule has 1 fully saturated rings. The zero-order chi connectivity index (χ0) is 9.80. The predicted octanol–water partition coefficient (Wildman–Crippen LogP) is 3.94. The number of halogens is 1. The maximum Gasteiger partial charge on any atom is 0.0241 e. The van der Waals surface area contributed by atoms with E-state index in [9.17, 15) is 0 Å². The Morgan fingerprint density at radius 2 is 1.93 bits per heavy atom. The van der Waals surface area contributed by atoms with Crippen LogP contribution in [-0.2, 0) is 0 Å². The Hall–Kier alpha value is 0.01000. The van der Waals surface area contributed by atoms with E-state index < -0.39 is 0 Å². The lowest BCUT2D eigenvalue weighted by Gasteiger charge is -2.24. The summed E-state index contributed by atoms with van der Waals surface area (Å²) in [5, 5.41) is 0. The Kier molecular flexibility index (Phi) is 3.90. The summed E-state index contributed by atoms with van der Waals surface area (Å²) in [6.45, 7) is 2.47. The lowest BCUT2D eigenvalue weighted by Crippen LogP contribution is -2.22. The highest BCUT2D eigenvalue weighted by Gasteiger charge is 2.10. The summed E-state index contributed by atoms with van der Waals surface area (Å²) >= 11 is 5.38. The number of piperidine rings is 1. The van der Waals surface area contributed by atoms with Crippen molar-refractivity contribution in [2.75, 3.05) is 13.1 Å². The van der Waals surface area contributed by atoms with E-state index in [0.717, 1.165) is 0 Å². The first-order chi connectivity index (χ1) is 6.84. The van der Waals surface area contributed by atoms with E-state index in [1.165, 1.54) is 41.7 Å². The van der Waals surface area contributed by atoms with Crippen molar-refractivity contribution in [1.29, 1.82) is 0 Å². The second-order valence-electron chi connectivity index (χ2n) is 3.54. The van der Waals surface area contributed by atoms with Gasteiger partial charge in [0.05, 0.1) is 0 Å². The van der Waals surface area contributed by atoms with Crippen molar-refractivity contribution in [3.05, 3.63) is 28.7 Å². The molecule has 0 bridgehead atoms. The van der Waals surface area contributed by atoms with Crippen molar-refractivity contribution >= 4 is 27.9 Å². The van der Waals surface area contributed by atoms with Crippen LogP contribution in [0.4, 0.5) is 0 Å². The van der Waals surface area contributed by atoms with Crippen LogP contribution in [0.5, 0.6) is 0 Å². The van der Waals surface area contributed by atoms with E-state index in [-0.39, 0.29) is 0 Å². The van der Waals surface area contributed by atoms with Crippen LogP contribution in [0.25, 0.3) is 0 Å². The molecule has 1 aromatic carbocycles. The Balaban J connectivity index is 1.95. The maximum absolute atomic E-state index is 3.50. The average Bonchev–Trinajstić information content (AvgIpc) is 2.19. The molecule has 1 aliphatic heterocycles. The van der Waals surface area contributed by atoms with Crippen LogP contribution in [0, 0.1) is 0 Å². The van der Waals surface area contributed by atoms with E-state index in [1.54, 1.807) is 0 Å². The van der Waals surface area contributed by atoms with Crippen LogP contribution < -0.4 is 0 Å². The molecule has 0 N–H and O–H groups in total. The highest BCUT2D eigenvalue weighted by atomic mass is 79.9. The molecule has 0 aromatic heterocycles. The van der Waals surface area contributed by atoms with Gasteiger partial charge in [-0.3, -0.25) is 0 Å². The molecule has 76 valence electrons. The molecule has 0 aliphatic carbocycles. The van der Waals surface area contributed by atoms with Crippen LogP contribution in [0.2, 0.25) is 0 Å². The van der Waals surface area contributed by atoms with Gasteiger partial charge in [0.25, 0.3) is 0 Å². The first kappa shape index (κ1) is 10.5. The molecule has 1 heterocycles. The third kappa shape index (κ3) is 3.01. The lowest BCUT2D eigenvalue weighted by molar-refractivity contribution is 0.380. The van der Waals surface area contributed by atoms with Crippen molar-refractivity contribution in [3.63, 3.8) is 0 Å². The molecule has 0 unspecified atom stereocenters. The normalized spacial score (nSPS) is 18.4. The van der Waals surface area contributed by atoms with Gasteiger partial charge in [-0.1, -0.05) is 28.4 Å². The van der Waals surface area contributed by atoms with Gasteiger partial charge in [-0.15, -0.1) is 0 Å². The molecule has 1 aliphatic rings. The van der Waals surface area contributed by atoms with Crippen molar-refractivity contribution in [3.8, 4) is 0 Å². The average molecular weight is 272 g/mol. The van der Waals surface area contributed by atoms with Crippen LogP contribution in [0.15, 0.2) is 33.6 Å². The minimum absolute atomic E-state index is 1.17. The molecular weight excluding hydrogens is 258 g/mol. The van der Waals surface area contributed by atoms with Gasteiger partial charge in [0, 0.05) is 22.5 Å². The largest absolute Gasteiger partial charge is 0.246 e. The highest BCUT2D eigenvalue weighted by Crippen LogP contribution is 2.27. The molecule has 1 saturated heterocycles. The Bertz CT molecular complexity index is 297. The molecule has 0 radical (unpaired) electrons. The number of hydrogen-bond acceptors (Lipinski definition) is 2. The molecule has 0 amide bonds. The molecule has 0 saturated carbocycles. The van der Waals surface area contributed by atoms with Gasteiger partial charge in [0.15, 0.2) is 0 Å². The fraction of sp³-hybridized carbons (Fsp3) is 0.455. The number of hydrogen-bond donors (Lipinski definition) is 0. The molecule has 3 heteroatoms. The van der Waals surface area contributed by atoms with Gasteiger partial charge in [0.2, 0.25) is 0 Å². The third-order valence-electron chi connectivity index (χ3n) is 2.35.